The number of hydrogen-bond acceptors (Lipinski definition) is 3. The second kappa shape index (κ2) is 11.1. The third-order valence-corrected chi connectivity index (χ3v) is 4.77. The Balaban J connectivity index is 1.61. The van der Waals surface area contributed by atoms with Crippen molar-refractivity contribution in [2.24, 2.45) is 10.9 Å². The van der Waals surface area contributed by atoms with E-state index < -0.39 is 0 Å². The fourth-order valence-electron chi connectivity index (χ4n) is 3.26. The number of guanidine groups is 1. The van der Waals surface area contributed by atoms with Crippen LogP contribution in [0.3, 0.4) is 0 Å². The van der Waals surface area contributed by atoms with E-state index in [4.69, 9.17) is 4.74 Å². The third-order valence-electron chi connectivity index (χ3n) is 4.77. The molecule has 1 aromatic carbocycles. The molecule has 0 spiro atoms. The van der Waals surface area contributed by atoms with E-state index in [0.717, 1.165) is 32.2 Å². The molecule has 5 heteroatoms. The van der Waals surface area contributed by atoms with Gasteiger partial charge in [-0.1, -0.05) is 44.2 Å². The molecule has 0 radical (unpaired) electrons. The second-order valence-electron chi connectivity index (χ2n) is 6.86. The van der Waals surface area contributed by atoms with Crippen molar-refractivity contribution in [2.45, 2.75) is 39.3 Å². The largest absolute Gasteiger partial charge is 0.376 e. The molecule has 25 heavy (non-hydrogen) atoms. The summed E-state index contributed by atoms with van der Waals surface area (Å²) in [4.78, 5) is 6.88. The van der Waals surface area contributed by atoms with E-state index in [-0.39, 0.29) is 0 Å². The van der Waals surface area contributed by atoms with Crippen LogP contribution in [-0.2, 0) is 11.3 Å². The second-order valence-corrected chi connectivity index (χ2v) is 6.86. The zero-order chi connectivity index (χ0) is 17.9. The van der Waals surface area contributed by atoms with Crippen LogP contribution in [0.2, 0.25) is 0 Å². The number of nitrogens with one attached hydrogen (secondary N) is 2. The number of likely N-dealkylation sites (tertiary alicyclic amines) is 1. The minimum atomic E-state index is 0.431. The Morgan fingerprint density at radius 1 is 1.32 bits per heavy atom. The molecular weight excluding hydrogens is 312 g/mol. The first-order valence-electron chi connectivity index (χ1n) is 9.53. The van der Waals surface area contributed by atoms with Crippen molar-refractivity contribution >= 4 is 5.96 Å². The molecule has 1 aliphatic heterocycles. The van der Waals surface area contributed by atoms with E-state index in [9.17, 15) is 0 Å². The number of hydrogen-bond donors (Lipinski definition) is 2. The van der Waals surface area contributed by atoms with Gasteiger partial charge in [-0.3, -0.25) is 9.89 Å². The maximum atomic E-state index is 5.81. The Morgan fingerprint density at radius 3 is 2.84 bits per heavy atom. The number of rotatable bonds is 9. The van der Waals surface area contributed by atoms with E-state index >= 15 is 0 Å². The van der Waals surface area contributed by atoms with Gasteiger partial charge in [0.2, 0.25) is 0 Å². The minimum absolute atomic E-state index is 0.431. The molecule has 1 fully saturated rings. The van der Waals surface area contributed by atoms with Crippen molar-refractivity contribution < 1.29 is 4.74 Å². The third kappa shape index (κ3) is 7.04. The average Bonchev–Trinajstić information content (AvgIpc) is 3.10. The highest BCUT2D eigenvalue weighted by molar-refractivity contribution is 5.79. The van der Waals surface area contributed by atoms with Crippen LogP contribution in [0, 0.1) is 5.92 Å². The Labute approximate surface area is 152 Å². The van der Waals surface area contributed by atoms with Gasteiger partial charge in [-0.15, -0.1) is 0 Å². The molecule has 2 unspecified atom stereocenters. The predicted octanol–water partition coefficient (Wildman–Crippen LogP) is 2.49. The smallest absolute Gasteiger partial charge is 0.191 e. The van der Waals surface area contributed by atoms with Crippen LogP contribution in [0.5, 0.6) is 0 Å². The Morgan fingerprint density at radius 2 is 2.12 bits per heavy atom. The summed E-state index contributed by atoms with van der Waals surface area (Å²) in [6.45, 7) is 10.0. The summed E-state index contributed by atoms with van der Waals surface area (Å²) < 4.78 is 5.81. The lowest BCUT2D eigenvalue weighted by molar-refractivity contribution is 0.0931. The normalized spacial score (nSPS) is 19.8. The molecule has 1 saturated heterocycles. The highest BCUT2D eigenvalue weighted by Crippen LogP contribution is 2.15. The molecule has 2 rings (SSSR count). The standard InChI is InChI=1S/C20H34N4O/c1-4-24-12-8-11-19(24)14-23-20(21-3)22-13-17(2)15-25-16-18-9-6-5-7-10-18/h5-7,9-10,17,19H,4,8,11-16H2,1-3H3,(H2,21,22,23). The van der Waals surface area contributed by atoms with Gasteiger partial charge >= 0.3 is 0 Å². The maximum Gasteiger partial charge on any atom is 0.191 e. The van der Waals surface area contributed by atoms with Gasteiger partial charge in [0.05, 0.1) is 13.2 Å². The summed E-state index contributed by atoms with van der Waals surface area (Å²) in [5, 5.41) is 6.88. The van der Waals surface area contributed by atoms with Crippen LogP contribution >= 0.6 is 0 Å². The Kier molecular flexibility index (Phi) is 8.77. The number of aliphatic imine (C=N–C) groups is 1. The number of benzene rings is 1. The fourth-order valence-corrected chi connectivity index (χ4v) is 3.26. The first-order chi connectivity index (χ1) is 12.2. The zero-order valence-corrected chi connectivity index (χ0v) is 16.0. The summed E-state index contributed by atoms with van der Waals surface area (Å²) >= 11 is 0. The van der Waals surface area contributed by atoms with Crippen molar-refractivity contribution in [2.75, 3.05) is 39.8 Å². The van der Waals surface area contributed by atoms with Crippen molar-refractivity contribution in [3.8, 4) is 0 Å². The average molecular weight is 347 g/mol. The van der Waals surface area contributed by atoms with Gasteiger partial charge in [-0.2, -0.15) is 0 Å². The topological polar surface area (TPSA) is 48.9 Å². The molecule has 0 aliphatic carbocycles. The summed E-state index contributed by atoms with van der Waals surface area (Å²) in [5.41, 5.74) is 1.22. The number of nitrogens with zero attached hydrogens (tertiary/aromatic N) is 2. The zero-order valence-electron chi connectivity index (χ0n) is 16.0. The van der Waals surface area contributed by atoms with Crippen LogP contribution in [0.15, 0.2) is 35.3 Å². The maximum absolute atomic E-state index is 5.81. The SMILES string of the molecule is CCN1CCCC1CNC(=NC)NCC(C)COCc1ccccc1. The van der Waals surface area contributed by atoms with E-state index in [1.54, 1.807) is 0 Å². The van der Waals surface area contributed by atoms with E-state index in [2.05, 4.69) is 46.5 Å². The van der Waals surface area contributed by atoms with Gasteiger partial charge in [-0.05, 0) is 37.4 Å². The lowest BCUT2D eigenvalue weighted by Gasteiger charge is -2.24. The highest BCUT2D eigenvalue weighted by Gasteiger charge is 2.22. The van der Waals surface area contributed by atoms with Gasteiger partial charge in [-0.25, -0.2) is 0 Å². The molecule has 2 atom stereocenters. The molecule has 5 nitrogen and oxygen atoms in total. The van der Waals surface area contributed by atoms with Crippen LogP contribution in [0.1, 0.15) is 32.3 Å². The van der Waals surface area contributed by atoms with Gasteiger partial charge in [0, 0.05) is 26.2 Å². The van der Waals surface area contributed by atoms with Crippen molar-refractivity contribution in [3.63, 3.8) is 0 Å². The molecule has 2 N–H and O–H groups in total. The first-order valence-corrected chi connectivity index (χ1v) is 9.53. The van der Waals surface area contributed by atoms with E-state index in [1.165, 1.54) is 24.9 Å². The first kappa shape index (κ1) is 19.7. The van der Waals surface area contributed by atoms with Gasteiger partial charge < -0.3 is 15.4 Å². The Bertz CT molecular complexity index is 506. The van der Waals surface area contributed by atoms with E-state index in [1.807, 2.05) is 25.2 Å². The van der Waals surface area contributed by atoms with Crippen LogP contribution < -0.4 is 10.6 Å². The molecule has 0 amide bonds. The monoisotopic (exact) mass is 346 g/mol. The van der Waals surface area contributed by atoms with Gasteiger partial charge in [0.25, 0.3) is 0 Å². The fraction of sp³-hybridized carbons (Fsp3) is 0.650. The molecule has 140 valence electrons. The van der Waals surface area contributed by atoms with Crippen LogP contribution in [-0.4, -0.2) is 56.7 Å². The predicted molar refractivity (Wildman–Crippen MR) is 105 cm³/mol. The van der Waals surface area contributed by atoms with Crippen molar-refractivity contribution in [3.05, 3.63) is 35.9 Å². The van der Waals surface area contributed by atoms with Crippen molar-refractivity contribution in [1.29, 1.82) is 0 Å². The molecule has 0 saturated carbocycles. The summed E-state index contributed by atoms with van der Waals surface area (Å²) in [5.74, 6) is 1.32. The quantitative estimate of drug-likeness (QED) is 0.533. The molecule has 1 aliphatic rings. The lowest BCUT2D eigenvalue weighted by Crippen LogP contribution is -2.46. The molecular formula is C20H34N4O. The van der Waals surface area contributed by atoms with Gasteiger partial charge in [0.1, 0.15) is 0 Å². The lowest BCUT2D eigenvalue weighted by atomic mass is 10.2. The van der Waals surface area contributed by atoms with Crippen molar-refractivity contribution in [1.82, 2.24) is 15.5 Å². The van der Waals surface area contributed by atoms with Crippen LogP contribution in [0.25, 0.3) is 0 Å². The molecule has 0 aromatic heterocycles. The van der Waals surface area contributed by atoms with Gasteiger partial charge in [0.15, 0.2) is 5.96 Å². The molecule has 1 aromatic rings. The summed E-state index contributed by atoms with van der Waals surface area (Å²) in [6.07, 6.45) is 2.59. The van der Waals surface area contributed by atoms with Crippen LogP contribution in [0.4, 0.5) is 0 Å². The summed E-state index contributed by atoms with van der Waals surface area (Å²) in [7, 11) is 1.83. The molecule has 1 heterocycles. The Hall–Kier alpha value is -1.59. The highest BCUT2D eigenvalue weighted by atomic mass is 16.5. The minimum Gasteiger partial charge on any atom is -0.376 e. The summed E-state index contributed by atoms with van der Waals surface area (Å²) in [6, 6.07) is 10.9. The van der Waals surface area contributed by atoms with E-state index in [0.29, 0.717) is 18.6 Å². The number of ether oxygens (including phenoxy) is 1. The molecule has 0 bridgehead atoms. The number of likely N-dealkylation sites (N-methyl/N-ethyl adjacent to an activating group) is 1.